The van der Waals surface area contributed by atoms with E-state index in [1.807, 2.05) is 31.3 Å². The van der Waals surface area contributed by atoms with Crippen LogP contribution in [0.15, 0.2) is 30.5 Å². The molecule has 0 atom stereocenters. The first-order chi connectivity index (χ1) is 11.7. The Balaban J connectivity index is 0.00000225. The number of halogens is 2. The Kier molecular flexibility index (Phi) is 6.81. The number of benzene rings is 1. The van der Waals surface area contributed by atoms with Crippen LogP contribution in [0.1, 0.15) is 5.56 Å². The van der Waals surface area contributed by atoms with Crippen molar-refractivity contribution in [2.24, 2.45) is 7.05 Å². The number of anilines is 2. The van der Waals surface area contributed by atoms with Gasteiger partial charge in [0.05, 0.1) is 18.2 Å². The lowest BCUT2D eigenvalue weighted by molar-refractivity contribution is 0.210. The molecule has 2 N–H and O–H groups in total. The van der Waals surface area contributed by atoms with E-state index in [2.05, 4.69) is 25.7 Å². The van der Waals surface area contributed by atoms with E-state index in [9.17, 15) is 0 Å². The first-order valence-corrected chi connectivity index (χ1v) is 7.96. The number of rotatable bonds is 7. The number of ether oxygens (including phenoxy) is 1. The zero-order valence-corrected chi connectivity index (χ0v) is 15.6. The highest BCUT2D eigenvalue weighted by Gasteiger charge is 2.11. The highest BCUT2D eigenvalue weighted by molar-refractivity contribution is 6.31. The maximum Gasteiger partial charge on any atom is 0.226 e. The molecule has 0 saturated heterocycles. The van der Waals surface area contributed by atoms with Crippen molar-refractivity contribution in [2.45, 2.75) is 6.54 Å². The molecule has 0 fully saturated rings. The van der Waals surface area contributed by atoms with Crippen molar-refractivity contribution in [3.05, 3.63) is 41.0 Å². The third kappa shape index (κ3) is 4.50. The molecule has 2 aromatic heterocycles. The molecule has 0 aliphatic heterocycles. The molecule has 0 aliphatic carbocycles. The second-order valence-electron chi connectivity index (χ2n) is 5.27. The Morgan fingerprint density at radius 2 is 2.00 bits per heavy atom. The smallest absolute Gasteiger partial charge is 0.226 e. The summed E-state index contributed by atoms with van der Waals surface area (Å²) in [5, 5.41) is 12.3. The lowest BCUT2D eigenvalue weighted by Crippen LogP contribution is -2.12. The fraction of sp³-hybridized carbons (Fsp3) is 0.312. The van der Waals surface area contributed by atoms with Crippen molar-refractivity contribution < 1.29 is 4.74 Å². The Morgan fingerprint density at radius 3 is 2.76 bits per heavy atom. The summed E-state index contributed by atoms with van der Waals surface area (Å²) in [7, 11) is 3.51. The van der Waals surface area contributed by atoms with Gasteiger partial charge in [0.1, 0.15) is 5.82 Å². The molecular weight excluding hydrogens is 363 g/mol. The number of fused-ring (bicyclic) bond motifs is 1. The maximum atomic E-state index is 6.21. The number of hydrogen-bond donors (Lipinski definition) is 2. The van der Waals surface area contributed by atoms with Crippen LogP contribution in [0.3, 0.4) is 0 Å². The summed E-state index contributed by atoms with van der Waals surface area (Å²) in [5.41, 5.74) is 1.76. The fourth-order valence-corrected chi connectivity index (χ4v) is 2.52. The molecule has 2 heterocycles. The first-order valence-electron chi connectivity index (χ1n) is 7.59. The van der Waals surface area contributed by atoms with Gasteiger partial charge >= 0.3 is 0 Å². The third-order valence-corrected chi connectivity index (χ3v) is 3.95. The molecule has 3 rings (SSSR count). The molecule has 1 aromatic carbocycles. The SMILES string of the molecule is COCCNc1nc(NCc2ccccc2Cl)c2cnn(C)c2n1.Cl. The van der Waals surface area contributed by atoms with Gasteiger partial charge in [-0.15, -0.1) is 12.4 Å². The van der Waals surface area contributed by atoms with Crippen LogP contribution in [0.25, 0.3) is 11.0 Å². The minimum absolute atomic E-state index is 0. The third-order valence-electron chi connectivity index (χ3n) is 3.59. The van der Waals surface area contributed by atoms with Crippen molar-refractivity contribution in [3.8, 4) is 0 Å². The standard InChI is InChI=1S/C16H19ClN6O.ClH/c1-23-15-12(10-20-23)14(21-16(22-15)18-7-8-24-2)19-9-11-5-3-4-6-13(11)17;/h3-6,10H,7-9H2,1-2H3,(H2,18,19,21,22);1H. The number of nitrogens with one attached hydrogen (secondary N) is 2. The minimum Gasteiger partial charge on any atom is -0.383 e. The number of aryl methyl sites for hydroxylation is 1. The molecule has 25 heavy (non-hydrogen) atoms. The molecule has 0 saturated carbocycles. The van der Waals surface area contributed by atoms with E-state index in [1.165, 1.54) is 0 Å². The van der Waals surface area contributed by atoms with Crippen molar-refractivity contribution in [1.29, 1.82) is 0 Å². The zero-order valence-electron chi connectivity index (χ0n) is 14.0. The van der Waals surface area contributed by atoms with Gasteiger partial charge in [0.15, 0.2) is 5.65 Å². The predicted molar refractivity (Wildman–Crippen MR) is 103 cm³/mol. The van der Waals surface area contributed by atoms with Gasteiger partial charge in [0.25, 0.3) is 0 Å². The molecular formula is C16H20Cl2N6O. The maximum absolute atomic E-state index is 6.21. The van der Waals surface area contributed by atoms with Crippen LogP contribution >= 0.6 is 24.0 Å². The summed E-state index contributed by atoms with van der Waals surface area (Å²) >= 11 is 6.21. The van der Waals surface area contributed by atoms with Crippen molar-refractivity contribution in [3.63, 3.8) is 0 Å². The van der Waals surface area contributed by atoms with Gasteiger partial charge in [-0.2, -0.15) is 15.1 Å². The predicted octanol–water partition coefficient (Wildman–Crippen LogP) is 3.11. The van der Waals surface area contributed by atoms with E-state index < -0.39 is 0 Å². The molecule has 0 aliphatic rings. The van der Waals surface area contributed by atoms with Crippen LogP contribution in [0.5, 0.6) is 0 Å². The highest BCUT2D eigenvalue weighted by atomic mass is 35.5. The van der Waals surface area contributed by atoms with Crippen LogP contribution < -0.4 is 10.6 Å². The quantitative estimate of drug-likeness (QED) is 0.611. The van der Waals surface area contributed by atoms with Gasteiger partial charge in [-0.05, 0) is 11.6 Å². The second-order valence-corrected chi connectivity index (χ2v) is 5.67. The van der Waals surface area contributed by atoms with E-state index in [4.69, 9.17) is 16.3 Å². The summed E-state index contributed by atoms with van der Waals surface area (Å²) < 4.78 is 6.76. The average Bonchev–Trinajstić information content (AvgIpc) is 2.96. The minimum atomic E-state index is 0. The Hall–Kier alpha value is -2.09. The number of hydrogen-bond acceptors (Lipinski definition) is 6. The van der Waals surface area contributed by atoms with Gasteiger partial charge < -0.3 is 15.4 Å². The summed E-state index contributed by atoms with van der Waals surface area (Å²) in [5.74, 6) is 1.25. The molecule has 3 aromatic rings. The fourth-order valence-electron chi connectivity index (χ4n) is 2.32. The van der Waals surface area contributed by atoms with E-state index in [0.29, 0.717) is 31.5 Å². The van der Waals surface area contributed by atoms with Gasteiger partial charge in [-0.3, -0.25) is 4.68 Å². The van der Waals surface area contributed by atoms with E-state index >= 15 is 0 Å². The monoisotopic (exact) mass is 382 g/mol. The zero-order chi connectivity index (χ0) is 16.9. The van der Waals surface area contributed by atoms with Crippen LogP contribution in [0.4, 0.5) is 11.8 Å². The molecule has 0 amide bonds. The summed E-state index contributed by atoms with van der Waals surface area (Å²) in [4.78, 5) is 9.04. The van der Waals surface area contributed by atoms with Crippen molar-refractivity contribution in [2.75, 3.05) is 30.9 Å². The normalized spacial score (nSPS) is 10.5. The van der Waals surface area contributed by atoms with Crippen molar-refractivity contribution in [1.82, 2.24) is 19.7 Å². The van der Waals surface area contributed by atoms with Crippen LogP contribution in [0, 0.1) is 0 Å². The Labute approximate surface area is 157 Å². The van der Waals surface area contributed by atoms with Crippen LogP contribution in [-0.2, 0) is 18.3 Å². The largest absolute Gasteiger partial charge is 0.383 e. The average molecular weight is 383 g/mol. The molecule has 9 heteroatoms. The lowest BCUT2D eigenvalue weighted by atomic mass is 10.2. The number of methoxy groups -OCH3 is 1. The highest BCUT2D eigenvalue weighted by Crippen LogP contribution is 2.23. The van der Waals surface area contributed by atoms with Crippen LogP contribution in [0.2, 0.25) is 5.02 Å². The van der Waals surface area contributed by atoms with E-state index in [0.717, 1.165) is 21.6 Å². The molecule has 7 nitrogen and oxygen atoms in total. The van der Waals surface area contributed by atoms with E-state index in [1.54, 1.807) is 18.0 Å². The first kappa shape index (κ1) is 19.2. The van der Waals surface area contributed by atoms with Crippen molar-refractivity contribution >= 4 is 46.8 Å². The molecule has 0 bridgehead atoms. The lowest BCUT2D eigenvalue weighted by Gasteiger charge is -2.11. The summed E-state index contributed by atoms with van der Waals surface area (Å²) in [6.45, 7) is 1.77. The van der Waals surface area contributed by atoms with Gasteiger partial charge in [-0.25, -0.2) is 0 Å². The molecule has 0 unspecified atom stereocenters. The van der Waals surface area contributed by atoms with Gasteiger partial charge in [0.2, 0.25) is 5.95 Å². The summed E-state index contributed by atoms with van der Waals surface area (Å²) in [6, 6.07) is 7.72. The van der Waals surface area contributed by atoms with E-state index in [-0.39, 0.29) is 12.4 Å². The summed E-state index contributed by atoms with van der Waals surface area (Å²) in [6.07, 6.45) is 1.75. The number of aromatic nitrogens is 4. The Morgan fingerprint density at radius 1 is 1.20 bits per heavy atom. The van der Waals surface area contributed by atoms with Gasteiger partial charge in [0, 0.05) is 32.3 Å². The molecule has 0 radical (unpaired) electrons. The molecule has 134 valence electrons. The Bertz CT molecular complexity index is 839. The van der Waals surface area contributed by atoms with Gasteiger partial charge in [-0.1, -0.05) is 29.8 Å². The second kappa shape index (κ2) is 8.84. The van der Waals surface area contributed by atoms with Crippen LogP contribution in [-0.4, -0.2) is 40.0 Å². The number of nitrogens with zero attached hydrogens (tertiary/aromatic N) is 4. The topological polar surface area (TPSA) is 76.9 Å². The molecule has 0 spiro atoms.